The van der Waals surface area contributed by atoms with Gasteiger partial charge in [-0.3, -0.25) is 4.40 Å². The fourth-order valence-corrected chi connectivity index (χ4v) is 10.2. The van der Waals surface area contributed by atoms with Crippen LogP contribution in [0.3, 0.4) is 0 Å². The third kappa shape index (κ3) is 3.81. The molecule has 0 aliphatic carbocycles. The van der Waals surface area contributed by atoms with Gasteiger partial charge in [-0.05, 0) is 74.1 Å². The Hall–Kier alpha value is -5.76. The predicted octanol–water partition coefficient (Wildman–Crippen LogP) is 9.89. The van der Waals surface area contributed by atoms with E-state index < -0.39 is 7.14 Å². The molecule has 0 saturated carbocycles. The Balaban J connectivity index is 1.31. The lowest BCUT2D eigenvalue weighted by Crippen LogP contribution is -2.25. The molecule has 2 aromatic heterocycles. The lowest BCUT2D eigenvalue weighted by molar-refractivity contribution is 0.592. The van der Waals surface area contributed by atoms with E-state index in [1.54, 1.807) is 0 Å². The van der Waals surface area contributed by atoms with E-state index in [1.807, 2.05) is 36.4 Å². The Bertz CT molecular complexity index is 2940. The lowest BCUT2D eigenvalue weighted by Gasteiger charge is -2.22. The molecule has 0 aliphatic rings. The maximum atomic E-state index is 15.9. The van der Waals surface area contributed by atoms with Crippen molar-refractivity contribution < 1.29 is 4.57 Å². The zero-order valence-electron chi connectivity index (χ0n) is 25.3. The van der Waals surface area contributed by atoms with Crippen molar-refractivity contribution in [3.8, 4) is 0 Å². The molecule has 10 aromatic rings. The van der Waals surface area contributed by atoms with Crippen molar-refractivity contribution in [1.29, 1.82) is 0 Å². The third-order valence-electron chi connectivity index (χ3n) is 9.78. The SMILES string of the molecule is O=P(c1ccccc1)(c1ccc2c(ccc3ccccc32)c1)c1ccc2c3cc4ccccc4cc3c3nc4ccccc4n3c2c1. The molecule has 2 heterocycles. The van der Waals surface area contributed by atoms with Crippen LogP contribution in [-0.2, 0) is 4.57 Å². The van der Waals surface area contributed by atoms with Gasteiger partial charge in [-0.25, -0.2) is 4.98 Å². The van der Waals surface area contributed by atoms with Gasteiger partial charge in [0.1, 0.15) is 5.65 Å². The molecule has 0 aliphatic heterocycles. The highest BCUT2D eigenvalue weighted by molar-refractivity contribution is 7.85. The predicted molar refractivity (Wildman–Crippen MR) is 200 cm³/mol. The molecule has 1 atom stereocenters. The number of fused-ring (bicyclic) bond motifs is 12. The van der Waals surface area contributed by atoms with Gasteiger partial charge in [0, 0.05) is 26.7 Å². The monoisotopic (exact) mass is 618 g/mol. The van der Waals surface area contributed by atoms with Crippen LogP contribution in [0.15, 0.2) is 164 Å². The van der Waals surface area contributed by atoms with Gasteiger partial charge in [-0.1, -0.05) is 127 Å². The number of imidazole rings is 1. The van der Waals surface area contributed by atoms with Crippen LogP contribution in [0.4, 0.5) is 0 Å². The molecule has 3 nitrogen and oxygen atoms in total. The Labute approximate surface area is 270 Å². The number of hydrogen-bond donors (Lipinski definition) is 0. The quantitative estimate of drug-likeness (QED) is 0.112. The molecular weight excluding hydrogens is 591 g/mol. The van der Waals surface area contributed by atoms with Crippen LogP contribution >= 0.6 is 7.14 Å². The average molecular weight is 619 g/mol. The first-order valence-electron chi connectivity index (χ1n) is 15.9. The van der Waals surface area contributed by atoms with Crippen LogP contribution in [0.5, 0.6) is 0 Å². The molecule has 0 spiro atoms. The van der Waals surface area contributed by atoms with Crippen molar-refractivity contribution in [2.75, 3.05) is 0 Å². The summed E-state index contributed by atoms with van der Waals surface area (Å²) in [5, 5.41) is 12.8. The highest BCUT2D eigenvalue weighted by Gasteiger charge is 2.31. The number of hydrogen-bond acceptors (Lipinski definition) is 2. The molecule has 47 heavy (non-hydrogen) atoms. The maximum Gasteiger partial charge on any atom is 0.171 e. The number of nitrogens with zero attached hydrogens (tertiary/aromatic N) is 2. The topological polar surface area (TPSA) is 34.4 Å². The number of aromatic nitrogens is 2. The highest BCUT2D eigenvalue weighted by atomic mass is 31.2. The summed E-state index contributed by atoms with van der Waals surface area (Å²) in [6.07, 6.45) is 0. The van der Waals surface area contributed by atoms with E-state index in [2.05, 4.69) is 132 Å². The first kappa shape index (κ1) is 26.5. The normalized spacial score (nSPS) is 13.4. The second kappa shape index (κ2) is 9.87. The molecule has 0 fully saturated rings. The smallest absolute Gasteiger partial charge is 0.171 e. The lowest BCUT2D eigenvalue weighted by atomic mass is 10.0. The van der Waals surface area contributed by atoms with E-state index in [4.69, 9.17) is 4.98 Å². The van der Waals surface area contributed by atoms with Crippen LogP contribution in [0.2, 0.25) is 0 Å². The van der Waals surface area contributed by atoms with E-state index in [1.165, 1.54) is 21.5 Å². The maximum absolute atomic E-state index is 15.9. The number of rotatable bonds is 3. The van der Waals surface area contributed by atoms with E-state index in [0.717, 1.165) is 65.0 Å². The minimum absolute atomic E-state index is 0.801. The summed E-state index contributed by atoms with van der Waals surface area (Å²) in [6, 6.07) is 56.8. The number of pyridine rings is 1. The highest BCUT2D eigenvalue weighted by Crippen LogP contribution is 2.45. The van der Waals surface area contributed by atoms with Crippen molar-refractivity contribution in [1.82, 2.24) is 9.38 Å². The molecule has 220 valence electrons. The summed E-state index contributed by atoms with van der Waals surface area (Å²) in [6.45, 7) is 0. The standard InChI is InChI=1S/C43H27N2OP/c46-47(32-13-2-1-3-14-32,33-20-22-36-31(24-33)19-18-28-10-6-7-15-35(28)36)34-21-23-37-38-25-29-11-4-5-12-30(29)26-39(38)43-44-40-16-8-9-17-41(40)45(43)42(37)27-34/h1-27H. The van der Waals surface area contributed by atoms with Gasteiger partial charge in [0.2, 0.25) is 0 Å². The van der Waals surface area contributed by atoms with Crippen LogP contribution in [0, 0.1) is 0 Å². The molecule has 8 aromatic carbocycles. The zero-order valence-corrected chi connectivity index (χ0v) is 26.2. The number of benzene rings is 8. The summed E-state index contributed by atoms with van der Waals surface area (Å²) in [5.74, 6) is 0. The Kier molecular flexibility index (Phi) is 5.55. The van der Waals surface area contributed by atoms with Gasteiger partial charge in [0.15, 0.2) is 7.14 Å². The minimum atomic E-state index is -3.30. The second-order valence-corrected chi connectivity index (χ2v) is 15.1. The van der Waals surface area contributed by atoms with E-state index in [9.17, 15) is 0 Å². The summed E-state index contributed by atoms with van der Waals surface area (Å²) in [4.78, 5) is 5.16. The van der Waals surface area contributed by atoms with E-state index in [-0.39, 0.29) is 0 Å². The molecule has 1 unspecified atom stereocenters. The molecule has 0 N–H and O–H groups in total. The minimum Gasteiger partial charge on any atom is -0.309 e. The molecule has 0 bridgehead atoms. The average Bonchev–Trinajstić information content (AvgIpc) is 3.54. The summed E-state index contributed by atoms with van der Waals surface area (Å²) in [7, 11) is -3.30. The number of para-hydroxylation sites is 2. The van der Waals surface area contributed by atoms with Gasteiger partial charge < -0.3 is 4.57 Å². The fourth-order valence-electron chi connectivity index (χ4n) is 7.51. The Morgan fingerprint density at radius 1 is 0.404 bits per heavy atom. The first-order valence-corrected chi connectivity index (χ1v) is 17.6. The van der Waals surface area contributed by atoms with E-state index >= 15 is 4.57 Å². The van der Waals surface area contributed by atoms with Crippen LogP contribution in [0.25, 0.3) is 70.7 Å². The van der Waals surface area contributed by atoms with Crippen molar-refractivity contribution in [2.45, 2.75) is 0 Å². The Morgan fingerprint density at radius 2 is 1.02 bits per heavy atom. The van der Waals surface area contributed by atoms with Gasteiger partial charge in [-0.2, -0.15) is 0 Å². The van der Waals surface area contributed by atoms with Crippen LogP contribution in [0.1, 0.15) is 0 Å². The first-order chi connectivity index (χ1) is 23.2. The van der Waals surface area contributed by atoms with Crippen molar-refractivity contribution in [3.05, 3.63) is 164 Å². The van der Waals surface area contributed by atoms with Crippen molar-refractivity contribution in [3.63, 3.8) is 0 Å². The van der Waals surface area contributed by atoms with E-state index in [0.29, 0.717) is 0 Å². The summed E-state index contributed by atoms with van der Waals surface area (Å²) in [5.41, 5.74) is 3.88. The largest absolute Gasteiger partial charge is 0.309 e. The third-order valence-corrected chi connectivity index (χ3v) is 12.8. The van der Waals surface area contributed by atoms with Crippen LogP contribution < -0.4 is 15.9 Å². The molecule has 4 heteroatoms. The molecule has 0 saturated heterocycles. The van der Waals surface area contributed by atoms with Crippen LogP contribution in [-0.4, -0.2) is 9.38 Å². The summed E-state index contributed by atoms with van der Waals surface area (Å²) >= 11 is 0. The van der Waals surface area contributed by atoms with Gasteiger partial charge in [0.25, 0.3) is 0 Å². The summed E-state index contributed by atoms with van der Waals surface area (Å²) < 4.78 is 18.2. The molecular formula is C43H27N2OP. The molecule has 0 radical (unpaired) electrons. The molecule has 10 rings (SSSR count). The zero-order chi connectivity index (χ0) is 31.1. The van der Waals surface area contributed by atoms with Gasteiger partial charge >= 0.3 is 0 Å². The molecule has 0 amide bonds. The van der Waals surface area contributed by atoms with Gasteiger partial charge in [0.05, 0.1) is 16.6 Å². The second-order valence-electron chi connectivity index (χ2n) is 12.3. The van der Waals surface area contributed by atoms with Gasteiger partial charge in [-0.15, -0.1) is 0 Å². The van der Waals surface area contributed by atoms with Crippen molar-refractivity contribution >= 4 is 93.7 Å². The Morgan fingerprint density at radius 3 is 1.85 bits per heavy atom. The van der Waals surface area contributed by atoms with Crippen molar-refractivity contribution in [2.24, 2.45) is 0 Å². The fraction of sp³-hybridized carbons (Fsp3) is 0.